The maximum atomic E-state index is 12.3. The Labute approximate surface area is 128 Å². The largest absolute Gasteiger partial charge is 0.460 e. The van der Waals surface area contributed by atoms with E-state index >= 15 is 0 Å². The van der Waals surface area contributed by atoms with Gasteiger partial charge in [0.1, 0.15) is 11.6 Å². The van der Waals surface area contributed by atoms with E-state index in [1.807, 2.05) is 6.92 Å². The molecule has 0 atom stereocenters. The molecule has 0 radical (unpaired) electrons. The Hall–Kier alpha value is -1.40. The average molecular weight is 311 g/mol. The molecule has 21 heavy (non-hydrogen) atoms. The smallest absolute Gasteiger partial charge is 0.341 e. The second-order valence-corrected chi connectivity index (χ2v) is 6.03. The van der Waals surface area contributed by atoms with Crippen LogP contribution in [-0.2, 0) is 27.1 Å². The second-order valence-electron chi connectivity index (χ2n) is 4.93. The summed E-state index contributed by atoms with van der Waals surface area (Å²) in [6.45, 7) is 4.57. The Balaban J connectivity index is 2.16. The van der Waals surface area contributed by atoms with Crippen molar-refractivity contribution in [3.05, 3.63) is 16.0 Å². The first-order valence-corrected chi connectivity index (χ1v) is 8.12. The summed E-state index contributed by atoms with van der Waals surface area (Å²) in [6.07, 6.45) is 4.05. The molecular formula is C15H21NO4S. The van der Waals surface area contributed by atoms with Crippen molar-refractivity contribution in [3.8, 4) is 0 Å². The standard InChI is InChI=1S/C15H21NO4S/c1-3-19-8-9-20-15(18)13-11-6-4-5-7-12(11)21-14(13)16-10(2)17/h3-9H2,1-2H3,(H,16,17). The Morgan fingerprint density at radius 1 is 1.24 bits per heavy atom. The van der Waals surface area contributed by atoms with Gasteiger partial charge in [0.05, 0.1) is 12.2 Å². The van der Waals surface area contributed by atoms with Gasteiger partial charge in [0.2, 0.25) is 5.91 Å². The zero-order chi connectivity index (χ0) is 15.2. The van der Waals surface area contributed by atoms with E-state index < -0.39 is 0 Å². The minimum atomic E-state index is -0.363. The molecule has 1 heterocycles. The topological polar surface area (TPSA) is 64.6 Å². The number of carbonyl (C=O) groups is 2. The summed E-state index contributed by atoms with van der Waals surface area (Å²) < 4.78 is 10.4. The Morgan fingerprint density at radius 3 is 2.71 bits per heavy atom. The number of aryl methyl sites for hydroxylation is 1. The molecular weight excluding hydrogens is 290 g/mol. The third-order valence-electron chi connectivity index (χ3n) is 3.33. The molecule has 0 spiro atoms. The van der Waals surface area contributed by atoms with Crippen molar-refractivity contribution >= 4 is 28.2 Å². The van der Waals surface area contributed by atoms with Crippen molar-refractivity contribution in [1.29, 1.82) is 0 Å². The normalized spacial score (nSPS) is 13.6. The highest BCUT2D eigenvalue weighted by molar-refractivity contribution is 7.17. The van der Waals surface area contributed by atoms with Crippen LogP contribution < -0.4 is 5.32 Å². The summed E-state index contributed by atoms with van der Waals surface area (Å²) in [4.78, 5) is 24.8. The first-order chi connectivity index (χ1) is 10.1. The number of esters is 1. The highest BCUT2D eigenvalue weighted by Crippen LogP contribution is 2.38. The minimum Gasteiger partial charge on any atom is -0.460 e. The van der Waals surface area contributed by atoms with Crippen molar-refractivity contribution in [2.24, 2.45) is 0 Å². The monoisotopic (exact) mass is 311 g/mol. The molecule has 0 fully saturated rings. The molecule has 1 aliphatic rings. The van der Waals surface area contributed by atoms with Crippen LogP contribution in [0.4, 0.5) is 5.00 Å². The van der Waals surface area contributed by atoms with Gasteiger partial charge >= 0.3 is 5.97 Å². The Bertz CT molecular complexity index is 524. The van der Waals surface area contributed by atoms with E-state index in [0.29, 0.717) is 23.8 Å². The fourth-order valence-corrected chi connectivity index (χ4v) is 3.76. The van der Waals surface area contributed by atoms with Crippen molar-refractivity contribution in [1.82, 2.24) is 0 Å². The number of ether oxygens (including phenoxy) is 2. The number of fused-ring (bicyclic) bond motifs is 1. The van der Waals surface area contributed by atoms with E-state index in [1.165, 1.54) is 23.1 Å². The van der Waals surface area contributed by atoms with Gasteiger partial charge < -0.3 is 14.8 Å². The lowest BCUT2D eigenvalue weighted by Gasteiger charge is -2.12. The van der Waals surface area contributed by atoms with E-state index in [2.05, 4.69) is 5.32 Å². The lowest BCUT2D eigenvalue weighted by Crippen LogP contribution is -2.15. The van der Waals surface area contributed by atoms with Gasteiger partial charge in [-0.25, -0.2) is 4.79 Å². The van der Waals surface area contributed by atoms with Crippen molar-refractivity contribution < 1.29 is 19.1 Å². The predicted octanol–water partition coefficient (Wildman–Crippen LogP) is 2.78. The highest BCUT2D eigenvalue weighted by atomic mass is 32.1. The molecule has 2 rings (SSSR count). The van der Waals surface area contributed by atoms with E-state index in [-0.39, 0.29) is 18.5 Å². The van der Waals surface area contributed by atoms with Crippen LogP contribution in [0.1, 0.15) is 47.5 Å². The number of anilines is 1. The maximum absolute atomic E-state index is 12.3. The zero-order valence-electron chi connectivity index (χ0n) is 12.5. The first-order valence-electron chi connectivity index (χ1n) is 7.30. The van der Waals surface area contributed by atoms with Gasteiger partial charge in [0.25, 0.3) is 0 Å². The van der Waals surface area contributed by atoms with Gasteiger partial charge in [0, 0.05) is 18.4 Å². The number of nitrogens with one attached hydrogen (secondary N) is 1. The van der Waals surface area contributed by atoms with Crippen LogP contribution in [0.5, 0.6) is 0 Å². The molecule has 1 aliphatic carbocycles. The lowest BCUT2D eigenvalue weighted by molar-refractivity contribution is -0.114. The SMILES string of the molecule is CCOCCOC(=O)c1c(NC(C)=O)sc2c1CCCC2. The maximum Gasteiger partial charge on any atom is 0.341 e. The van der Waals surface area contributed by atoms with Crippen LogP contribution in [0.2, 0.25) is 0 Å². The lowest BCUT2D eigenvalue weighted by atomic mass is 9.95. The Kier molecular flexibility index (Phi) is 5.76. The average Bonchev–Trinajstić information content (AvgIpc) is 2.80. The fraction of sp³-hybridized carbons (Fsp3) is 0.600. The summed E-state index contributed by atoms with van der Waals surface area (Å²) in [6, 6.07) is 0. The van der Waals surface area contributed by atoms with Crippen LogP contribution in [0.25, 0.3) is 0 Å². The molecule has 5 nitrogen and oxygen atoms in total. The third kappa shape index (κ3) is 4.04. The van der Waals surface area contributed by atoms with Crippen LogP contribution in [0.15, 0.2) is 0 Å². The second kappa shape index (κ2) is 7.56. The summed E-state index contributed by atoms with van der Waals surface area (Å²) >= 11 is 1.50. The minimum absolute atomic E-state index is 0.169. The summed E-state index contributed by atoms with van der Waals surface area (Å²) in [5, 5.41) is 3.38. The number of carbonyl (C=O) groups excluding carboxylic acids is 2. The van der Waals surface area contributed by atoms with Gasteiger partial charge in [-0.1, -0.05) is 0 Å². The van der Waals surface area contributed by atoms with Crippen molar-refractivity contribution in [2.75, 3.05) is 25.1 Å². The number of hydrogen-bond donors (Lipinski definition) is 1. The van der Waals surface area contributed by atoms with E-state index in [9.17, 15) is 9.59 Å². The molecule has 6 heteroatoms. The Morgan fingerprint density at radius 2 is 2.00 bits per heavy atom. The van der Waals surface area contributed by atoms with Crippen LogP contribution in [0, 0.1) is 0 Å². The van der Waals surface area contributed by atoms with Crippen LogP contribution in [-0.4, -0.2) is 31.7 Å². The number of thiophene rings is 1. The molecule has 1 aromatic rings. The van der Waals surface area contributed by atoms with Gasteiger partial charge in [-0.2, -0.15) is 0 Å². The number of hydrogen-bond acceptors (Lipinski definition) is 5. The fourth-order valence-electron chi connectivity index (χ4n) is 2.44. The van der Waals surface area contributed by atoms with E-state index in [4.69, 9.17) is 9.47 Å². The van der Waals surface area contributed by atoms with Gasteiger partial charge in [-0.3, -0.25) is 4.79 Å². The first kappa shape index (κ1) is 16.0. The quantitative estimate of drug-likeness (QED) is 0.648. The summed E-state index contributed by atoms with van der Waals surface area (Å²) in [7, 11) is 0. The molecule has 0 saturated heterocycles. The number of amides is 1. The molecule has 0 saturated carbocycles. The van der Waals surface area contributed by atoms with E-state index in [1.54, 1.807) is 0 Å². The van der Waals surface area contributed by atoms with Crippen LogP contribution >= 0.6 is 11.3 Å². The molecule has 116 valence electrons. The molecule has 0 aromatic carbocycles. The zero-order valence-corrected chi connectivity index (χ0v) is 13.3. The molecule has 0 unspecified atom stereocenters. The van der Waals surface area contributed by atoms with Crippen LogP contribution in [0.3, 0.4) is 0 Å². The predicted molar refractivity (Wildman–Crippen MR) is 82.0 cm³/mol. The molecule has 0 bridgehead atoms. The van der Waals surface area contributed by atoms with Gasteiger partial charge in [0.15, 0.2) is 0 Å². The van der Waals surface area contributed by atoms with Crippen molar-refractivity contribution in [3.63, 3.8) is 0 Å². The molecule has 1 amide bonds. The van der Waals surface area contributed by atoms with Crippen molar-refractivity contribution in [2.45, 2.75) is 39.5 Å². The van der Waals surface area contributed by atoms with Gasteiger partial charge in [-0.15, -0.1) is 11.3 Å². The number of rotatable bonds is 6. The summed E-state index contributed by atoms with van der Waals surface area (Å²) in [5.74, 6) is -0.533. The highest BCUT2D eigenvalue weighted by Gasteiger charge is 2.26. The third-order valence-corrected chi connectivity index (χ3v) is 4.54. The summed E-state index contributed by atoms with van der Waals surface area (Å²) in [5.41, 5.74) is 1.60. The van der Waals surface area contributed by atoms with E-state index in [0.717, 1.165) is 31.2 Å². The molecule has 1 N–H and O–H groups in total. The molecule has 0 aliphatic heterocycles. The molecule has 1 aromatic heterocycles. The van der Waals surface area contributed by atoms with Gasteiger partial charge in [-0.05, 0) is 38.2 Å².